The van der Waals surface area contributed by atoms with Crippen LogP contribution in [0.4, 0.5) is 0 Å². The van der Waals surface area contributed by atoms with Crippen molar-refractivity contribution in [2.75, 3.05) is 26.3 Å². The van der Waals surface area contributed by atoms with E-state index in [0.29, 0.717) is 17.9 Å². The van der Waals surface area contributed by atoms with Crippen LogP contribution in [0.3, 0.4) is 0 Å². The summed E-state index contributed by atoms with van der Waals surface area (Å²) in [5.74, 6) is 0.732. The molecule has 106 valence electrons. The fraction of sp³-hybridized carbons (Fsp3) is 0.867. The van der Waals surface area contributed by atoms with Crippen LogP contribution in [-0.2, 0) is 14.2 Å². The quantitative estimate of drug-likeness (QED) is 0.726. The molecule has 0 aromatic carbocycles. The van der Waals surface area contributed by atoms with Crippen molar-refractivity contribution in [1.82, 2.24) is 4.90 Å². The van der Waals surface area contributed by atoms with Gasteiger partial charge >= 0.3 is 0 Å². The molecule has 1 spiro atoms. The van der Waals surface area contributed by atoms with E-state index in [2.05, 4.69) is 4.90 Å². The van der Waals surface area contributed by atoms with E-state index in [1.54, 1.807) is 12.5 Å². The molecule has 0 aromatic heterocycles. The van der Waals surface area contributed by atoms with E-state index in [-0.39, 0.29) is 5.79 Å². The van der Waals surface area contributed by atoms with E-state index in [9.17, 15) is 0 Å². The Hall–Kier alpha value is -0.740. The summed E-state index contributed by atoms with van der Waals surface area (Å²) in [5, 5.41) is 0. The van der Waals surface area contributed by atoms with Crippen LogP contribution in [-0.4, -0.2) is 43.0 Å². The zero-order valence-electron chi connectivity index (χ0n) is 11.4. The molecule has 3 heterocycles. The third kappa shape index (κ3) is 1.88. The summed E-state index contributed by atoms with van der Waals surface area (Å²) in [6.45, 7) is 4.11. The lowest BCUT2D eigenvalue weighted by Gasteiger charge is -2.53. The van der Waals surface area contributed by atoms with Crippen molar-refractivity contribution in [2.45, 2.75) is 43.9 Å². The van der Waals surface area contributed by atoms with Gasteiger partial charge in [0.25, 0.3) is 5.79 Å². The maximum atomic E-state index is 5.93. The highest BCUT2D eigenvalue weighted by molar-refractivity contribution is 5.03. The van der Waals surface area contributed by atoms with Crippen LogP contribution in [0.2, 0.25) is 0 Å². The Balaban J connectivity index is 1.51. The Morgan fingerprint density at radius 1 is 0.895 bits per heavy atom. The molecular formula is C15H23NO3. The highest BCUT2D eigenvalue weighted by atomic mass is 16.7. The molecule has 0 amide bonds. The number of rotatable bonds is 1. The van der Waals surface area contributed by atoms with Gasteiger partial charge in [-0.15, -0.1) is 0 Å². The van der Waals surface area contributed by atoms with Crippen LogP contribution in [0, 0.1) is 11.8 Å². The van der Waals surface area contributed by atoms with Crippen molar-refractivity contribution in [2.24, 2.45) is 11.8 Å². The van der Waals surface area contributed by atoms with Gasteiger partial charge < -0.3 is 14.2 Å². The SMILES string of the molecule is C1=COC2(O1)[C@@H]1CCC[C@H]2CN(C2CCOCC2)C1. The predicted octanol–water partition coefficient (Wildman–Crippen LogP) is 2.11. The predicted molar refractivity (Wildman–Crippen MR) is 70.3 cm³/mol. The standard InChI is InChI=1S/C15H23NO3/c1-2-12-10-16(14-4-6-17-7-5-14)11-13(3-1)15(12)18-8-9-19-15/h8-9,12-14H,1-7,10-11H2/t12-,13+. The molecule has 0 radical (unpaired) electrons. The molecule has 2 saturated heterocycles. The minimum atomic E-state index is -0.320. The van der Waals surface area contributed by atoms with Gasteiger partial charge in [0.15, 0.2) is 0 Å². The van der Waals surface area contributed by atoms with Crippen molar-refractivity contribution in [3.63, 3.8) is 0 Å². The van der Waals surface area contributed by atoms with Crippen LogP contribution in [0.1, 0.15) is 32.1 Å². The van der Waals surface area contributed by atoms with Crippen LogP contribution in [0.5, 0.6) is 0 Å². The van der Waals surface area contributed by atoms with Crippen LogP contribution < -0.4 is 0 Å². The molecule has 4 nitrogen and oxygen atoms in total. The molecule has 4 rings (SSSR count). The van der Waals surface area contributed by atoms with Crippen molar-refractivity contribution in [3.8, 4) is 0 Å². The van der Waals surface area contributed by atoms with E-state index >= 15 is 0 Å². The van der Waals surface area contributed by atoms with Crippen molar-refractivity contribution < 1.29 is 14.2 Å². The first-order valence-corrected chi connectivity index (χ1v) is 7.71. The molecule has 3 aliphatic heterocycles. The summed E-state index contributed by atoms with van der Waals surface area (Å²) in [6.07, 6.45) is 9.66. The van der Waals surface area contributed by atoms with E-state index < -0.39 is 0 Å². The van der Waals surface area contributed by atoms with Gasteiger partial charge in [-0.25, -0.2) is 0 Å². The van der Waals surface area contributed by atoms with Gasteiger partial charge in [-0.1, -0.05) is 6.42 Å². The molecule has 4 aliphatic rings. The molecule has 0 unspecified atom stereocenters. The van der Waals surface area contributed by atoms with Gasteiger partial charge in [-0.3, -0.25) is 4.90 Å². The summed E-state index contributed by atoms with van der Waals surface area (Å²) in [6, 6.07) is 0.712. The maximum Gasteiger partial charge on any atom is 0.257 e. The van der Waals surface area contributed by atoms with E-state index in [1.807, 2.05) is 0 Å². The minimum absolute atomic E-state index is 0.320. The first-order chi connectivity index (χ1) is 9.38. The van der Waals surface area contributed by atoms with Gasteiger partial charge in [-0.05, 0) is 25.7 Å². The third-order valence-corrected chi connectivity index (χ3v) is 5.42. The Kier molecular flexibility index (Phi) is 2.96. The first kappa shape index (κ1) is 12.0. The third-order valence-electron chi connectivity index (χ3n) is 5.42. The lowest BCUT2D eigenvalue weighted by Crippen LogP contribution is -2.62. The normalized spacial score (nSPS) is 38.1. The highest BCUT2D eigenvalue weighted by Crippen LogP contribution is 2.48. The number of likely N-dealkylation sites (tertiary alicyclic amines) is 1. The molecule has 4 heteroatoms. The lowest BCUT2D eigenvalue weighted by atomic mass is 9.71. The van der Waals surface area contributed by atoms with Gasteiger partial charge in [0.2, 0.25) is 0 Å². The number of hydrogen-bond acceptors (Lipinski definition) is 4. The summed E-state index contributed by atoms with van der Waals surface area (Å²) in [7, 11) is 0. The van der Waals surface area contributed by atoms with Gasteiger partial charge in [0.1, 0.15) is 12.5 Å². The molecular weight excluding hydrogens is 242 g/mol. The van der Waals surface area contributed by atoms with E-state index in [4.69, 9.17) is 14.2 Å². The summed E-state index contributed by atoms with van der Waals surface area (Å²) in [5.41, 5.74) is 0. The molecule has 2 atom stereocenters. The number of nitrogens with zero attached hydrogens (tertiary/aromatic N) is 1. The zero-order chi connectivity index (χ0) is 12.7. The van der Waals surface area contributed by atoms with Crippen molar-refractivity contribution in [3.05, 3.63) is 12.5 Å². The lowest BCUT2D eigenvalue weighted by molar-refractivity contribution is -0.262. The average Bonchev–Trinajstić information content (AvgIpc) is 2.89. The molecule has 0 N–H and O–H groups in total. The number of hydrogen-bond donors (Lipinski definition) is 0. The molecule has 0 aromatic rings. The molecule has 1 saturated carbocycles. The van der Waals surface area contributed by atoms with Crippen molar-refractivity contribution >= 4 is 0 Å². The molecule has 2 bridgehead atoms. The van der Waals surface area contributed by atoms with Gasteiger partial charge in [0, 0.05) is 44.2 Å². The zero-order valence-corrected chi connectivity index (χ0v) is 11.4. The van der Waals surface area contributed by atoms with E-state index in [0.717, 1.165) is 26.3 Å². The average molecular weight is 265 g/mol. The molecule has 1 aliphatic carbocycles. The molecule has 3 fully saturated rings. The second-order valence-corrected chi connectivity index (χ2v) is 6.35. The maximum absolute atomic E-state index is 5.93. The topological polar surface area (TPSA) is 30.9 Å². The van der Waals surface area contributed by atoms with E-state index in [1.165, 1.54) is 32.1 Å². The van der Waals surface area contributed by atoms with Crippen LogP contribution in [0.15, 0.2) is 12.5 Å². The fourth-order valence-corrected chi connectivity index (χ4v) is 4.45. The largest absolute Gasteiger partial charge is 0.456 e. The fourth-order valence-electron chi connectivity index (χ4n) is 4.45. The highest BCUT2D eigenvalue weighted by Gasteiger charge is 2.57. The monoisotopic (exact) mass is 265 g/mol. The van der Waals surface area contributed by atoms with Gasteiger partial charge in [0.05, 0.1) is 0 Å². The Labute approximate surface area is 114 Å². The number of ether oxygens (including phenoxy) is 3. The second-order valence-electron chi connectivity index (χ2n) is 6.35. The summed E-state index contributed by atoms with van der Waals surface area (Å²) < 4.78 is 17.4. The van der Waals surface area contributed by atoms with Crippen LogP contribution >= 0.6 is 0 Å². The van der Waals surface area contributed by atoms with Gasteiger partial charge in [-0.2, -0.15) is 0 Å². The molecule has 19 heavy (non-hydrogen) atoms. The van der Waals surface area contributed by atoms with Crippen molar-refractivity contribution in [1.29, 1.82) is 0 Å². The number of piperidine rings is 1. The van der Waals surface area contributed by atoms with Crippen LogP contribution in [0.25, 0.3) is 0 Å². The minimum Gasteiger partial charge on any atom is -0.456 e. The summed E-state index contributed by atoms with van der Waals surface area (Å²) in [4.78, 5) is 2.69. The smallest absolute Gasteiger partial charge is 0.257 e. The Bertz CT molecular complexity index is 340. The Morgan fingerprint density at radius 3 is 2.16 bits per heavy atom. The second kappa shape index (κ2) is 4.67. The Morgan fingerprint density at radius 2 is 1.53 bits per heavy atom. The first-order valence-electron chi connectivity index (χ1n) is 7.71. The summed E-state index contributed by atoms with van der Waals surface area (Å²) >= 11 is 0.